The van der Waals surface area contributed by atoms with E-state index >= 15 is 0 Å². The second-order valence-corrected chi connectivity index (χ2v) is 17.3. The van der Waals surface area contributed by atoms with Crippen LogP contribution < -0.4 is 24.3 Å². The van der Waals surface area contributed by atoms with Gasteiger partial charge in [0.05, 0.1) is 24.8 Å². The molecule has 3 N–H and O–H groups in total. The van der Waals surface area contributed by atoms with Gasteiger partial charge in [0.1, 0.15) is 24.1 Å². The minimum Gasteiger partial charge on any atom is -0.459 e. The molecule has 67 heavy (non-hydrogen) atoms. The van der Waals surface area contributed by atoms with E-state index < -0.39 is 29.9 Å². The summed E-state index contributed by atoms with van der Waals surface area (Å²) in [5.74, 6) is -0.505. The molecule has 2 aliphatic carbocycles. The number of carbonyl (C=O) groups excluding carboxylic acids is 2. The molecule has 1 fully saturated rings. The van der Waals surface area contributed by atoms with Crippen molar-refractivity contribution in [2.75, 3.05) is 33.2 Å². The molecule has 2 aliphatic heterocycles. The van der Waals surface area contributed by atoms with Crippen LogP contribution in [0, 0.1) is 17.8 Å². The first kappa shape index (κ1) is 47.2. The molecular formula is C53H61N3O11. The maximum atomic E-state index is 14.6. The second-order valence-electron chi connectivity index (χ2n) is 17.3. The van der Waals surface area contributed by atoms with Crippen molar-refractivity contribution < 1.29 is 53.1 Å². The van der Waals surface area contributed by atoms with Crippen molar-refractivity contribution in [3.8, 4) is 23.0 Å². The SMILES string of the molecule is C=CCOC12Oc3ccc(OC(=O)NCc4ccccc4)cc3C3C(CCCCO)C(CCCCO)C=C(C(=NOCc4ccccc4)CC1N(Cc1ccc4c(c1)OCO4)C(=O)OCC)C32. The normalized spacial score (nSPS) is 22.6. The van der Waals surface area contributed by atoms with Crippen molar-refractivity contribution in [1.29, 1.82) is 0 Å². The van der Waals surface area contributed by atoms with Gasteiger partial charge in [-0.15, -0.1) is 6.58 Å². The number of aliphatic hydroxyl groups excluding tert-OH is 2. The van der Waals surface area contributed by atoms with Crippen molar-refractivity contribution in [2.24, 2.45) is 22.9 Å². The van der Waals surface area contributed by atoms with E-state index in [1.54, 1.807) is 24.0 Å². The van der Waals surface area contributed by atoms with Crippen LogP contribution in [-0.4, -0.2) is 78.1 Å². The number of fused-ring (bicyclic) bond motifs is 3. The summed E-state index contributed by atoms with van der Waals surface area (Å²) >= 11 is 0. The highest BCUT2D eigenvalue weighted by Crippen LogP contribution is 2.62. The van der Waals surface area contributed by atoms with Crippen molar-refractivity contribution in [2.45, 2.75) is 89.3 Å². The van der Waals surface area contributed by atoms with Crippen LogP contribution in [0.1, 0.15) is 80.0 Å². The van der Waals surface area contributed by atoms with Gasteiger partial charge in [0.15, 0.2) is 11.5 Å². The Morgan fingerprint density at radius 2 is 1.61 bits per heavy atom. The smallest absolute Gasteiger partial charge is 0.412 e. The maximum absolute atomic E-state index is 14.6. The first-order valence-corrected chi connectivity index (χ1v) is 23.4. The molecule has 6 unspecified atom stereocenters. The summed E-state index contributed by atoms with van der Waals surface area (Å²) in [6, 6.07) is 29.5. The highest BCUT2D eigenvalue weighted by Gasteiger charge is 2.65. The van der Waals surface area contributed by atoms with Crippen LogP contribution in [0.3, 0.4) is 0 Å². The molecule has 2 amide bonds. The van der Waals surface area contributed by atoms with Crippen LogP contribution in [0.5, 0.6) is 23.0 Å². The average Bonchev–Trinajstić information content (AvgIpc) is 3.82. The first-order chi connectivity index (χ1) is 32.8. The van der Waals surface area contributed by atoms with E-state index in [0.29, 0.717) is 41.6 Å². The van der Waals surface area contributed by atoms with E-state index in [1.807, 2.05) is 91.0 Å². The van der Waals surface area contributed by atoms with Crippen molar-refractivity contribution in [3.05, 3.63) is 144 Å². The molecule has 354 valence electrons. The lowest BCUT2D eigenvalue weighted by Crippen LogP contribution is -2.70. The first-order valence-electron chi connectivity index (χ1n) is 23.4. The van der Waals surface area contributed by atoms with Crippen LogP contribution in [0.25, 0.3) is 0 Å². The largest absolute Gasteiger partial charge is 0.459 e. The van der Waals surface area contributed by atoms with E-state index in [0.717, 1.165) is 53.5 Å². The van der Waals surface area contributed by atoms with Gasteiger partial charge >= 0.3 is 12.2 Å². The van der Waals surface area contributed by atoms with Crippen LogP contribution in [0.2, 0.25) is 0 Å². The Kier molecular flexibility index (Phi) is 15.8. The van der Waals surface area contributed by atoms with Crippen molar-refractivity contribution in [1.82, 2.24) is 10.2 Å². The number of nitrogens with zero attached hydrogens (tertiary/aromatic N) is 2. The molecule has 14 nitrogen and oxygen atoms in total. The Morgan fingerprint density at radius 3 is 2.36 bits per heavy atom. The molecular weight excluding hydrogens is 855 g/mol. The number of oxime groups is 1. The van der Waals surface area contributed by atoms with Gasteiger partial charge in [-0.3, -0.25) is 4.90 Å². The van der Waals surface area contributed by atoms with Gasteiger partial charge in [0.25, 0.3) is 0 Å². The summed E-state index contributed by atoms with van der Waals surface area (Å²) in [7, 11) is 0. The Balaban J connectivity index is 1.29. The number of amides is 2. The lowest BCUT2D eigenvalue weighted by molar-refractivity contribution is -0.256. The Bertz CT molecular complexity index is 2380. The van der Waals surface area contributed by atoms with E-state index in [9.17, 15) is 19.8 Å². The molecule has 0 aromatic heterocycles. The van der Waals surface area contributed by atoms with Crippen molar-refractivity contribution in [3.63, 3.8) is 0 Å². The van der Waals surface area contributed by atoms with Crippen LogP contribution in [0.4, 0.5) is 9.59 Å². The zero-order valence-corrected chi connectivity index (χ0v) is 38.1. The quantitative estimate of drug-likeness (QED) is 0.0414. The van der Waals surface area contributed by atoms with Gasteiger partial charge in [0.2, 0.25) is 12.6 Å². The molecule has 0 spiro atoms. The maximum Gasteiger partial charge on any atom is 0.412 e. The molecule has 4 aromatic carbocycles. The van der Waals surface area contributed by atoms with E-state index in [-0.39, 0.29) is 77.1 Å². The monoisotopic (exact) mass is 915 g/mol. The number of allylic oxidation sites excluding steroid dienone is 1. The highest BCUT2D eigenvalue weighted by atomic mass is 16.7. The third kappa shape index (κ3) is 10.8. The molecule has 0 radical (unpaired) electrons. The van der Waals surface area contributed by atoms with Crippen molar-refractivity contribution >= 4 is 17.9 Å². The molecule has 2 heterocycles. The molecule has 4 aliphatic rings. The van der Waals surface area contributed by atoms with Gasteiger partial charge in [0, 0.05) is 44.2 Å². The summed E-state index contributed by atoms with van der Waals surface area (Å²) in [4.78, 5) is 35.9. The number of nitrogens with one attached hydrogen (secondary N) is 1. The summed E-state index contributed by atoms with van der Waals surface area (Å²) in [6.07, 6.45) is 7.21. The number of carbonyl (C=O) groups is 2. The summed E-state index contributed by atoms with van der Waals surface area (Å²) in [6.45, 7) is 6.83. The minimum absolute atomic E-state index is 0.00559. The van der Waals surface area contributed by atoms with E-state index in [2.05, 4.69) is 18.0 Å². The predicted octanol–water partition coefficient (Wildman–Crippen LogP) is 9.20. The summed E-state index contributed by atoms with van der Waals surface area (Å²) < 4.78 is 37.7. The average molecular weight is 916 g/mol. The Hall–Kier alpha value is -6.35. The molecule has 6 atom stereocenters. The molecule has 1 saturated carbocycles. The third-order valence-corrected chi connectivity index (χ3v) is 13.1. The number of aliphatic hydroxyl groups is 2. The lowest BCUT2D eigenvalue weighted by atomic mass is 9.55. The van der Waals surface area contributed by atoms with E-state index in [4.69, 9.17) is 38.4 Å². The van der Waals surface area contributed by atoms with E-state index in [1.165, 1.54) is 0 Å². The fourth-order valence-corrected chi connectivity index (χ4v) is 10.1. The van der Waals surface area contributed by atoms with Gasteiger partial charge in [-0.25, -0.2) is 9.59 Å². The molecule has 14 heteroatoms. The second kappa shape index (κ2) is 22.4. The number of benzene rings is 4. The number of rotatable bonds is 21. The fourth-order valence-electron chi connectivity index (χ4n) is 10.1. The Labute approximate surface area is 392 Å². The van der Waals surface area contributed by atoms with Gasteiger partial charge in [-0.1, -0.05) is 96.9 Å². The number of ether oxygens (including phenoxy) is 6. The summed E-state index contributed by atoms with van der Waals surface area (Å²) in [5, 5.41) is 27.8. The highest BCUT2D eigenvalue weighted by molar-refractivity contribution is 6.03. The number of hydrogen-bond acceptors (Lipinski definition) is 12. The third-order valence-electron chi connectivity index (χ3n) is 13.1. The van der Waals surface area contributed by atoms with Gasteiger partial charge in [-0.2, -0.15) is 0 Å². The fraction of sp³-hybridized carbons (Fsp3) is 0.415. The zero-order valence-electron chi connectivity index (χ0n) is 38.1. The van der Waals surface area contributed by atoms with Crippen LogP contribution in [-0.2, 0) is 34.0 Å². The lowest BCUT2D eigenvalue weighted by Gasteiger charge is -2.59. The Morgan fingerprint density at radius 1 is 0.881 bits per heavy atom. The molecule has 4 aromatic rings. The van der Waals surface area contributed by atoms with Gasteiger partial charge in [-0.05, 0) is 97.0 Å². The molecule has 0 saturated heterocycles. The van der Waals surface area contributed by atoms with Gasteiger partial charge < -0.3 is 48.8 Å². The minimum atomic E-state index is -1.54. The van der Waals surface area contributed by atoms with Crippen LogP contribution in [0.15, 0.2) is 127 Å². The number of hydrogen-bond donors (Lipinski definition) is 3. The zero-order chi connectivity index (χ0) is 46.6. The number of unbranched alkanes of at least 4 members (excludes halogenated alkanes) is 2. The molecule has 0 bridgehead atoms. The van der Waals surface area contributed by atoms with Crippen LogP contribution >= 0.6 is 0 Å². The predicted molar refractivity (Wildman–Crippen MR) is 251 cm³/mol. The standard InChI is InChI=1S/C53H61N3O11/c1-3-27-64-53-48(56(52(60)61-4-2)33-38-21-23-46-47(28-38)63-35-62-46)31-44(55-65-34-37-17-9-6-10-18-37)42-29-39(19-11-13-25-57)41(20-12-14-26-58)49(50(42)53)43-30-40(22-24-45(43)67-53)66-51(59)54-32-36-15-7-5-8-16-36/h3,5-10,15-18,21-24,28-30,39,41,48-50,57-58H,1,4,11-14,19-20,25-27,31-35H2,2H3,(H,54,59). The topological polar surface area (TPSA) is 167 Å². The summed E-state index contributed by atoms with van der Waals surface area (Å²) in [5.41, 5.74) is 4.96. The molecule has 8 rings (SSSR count).